The van der Waals surface area contributed by atoms with Crippen LogP contribution in [0.15, 0.2) is 29.4 Å². The van der Waals surface area contributed by atoms with Gasteiger partial charge in [0.15, 0.2) is 0 Å². The van der Waals surface area contributed by atoms with E-state index in [0.29, 0.717) is 12.1 Å². The molecule has 2 rings (SSSR count). The predicted octanol–water partition coefficient (Wildman–Crippen LogP) is 2.85. The van der Waals surface area contributed by atoms with E-state index in [2.05, 4.69) is 18.1 Å². The maximum atomic E-state index is 10.6. The fraction of sp³-hybridized carbons (Fsp3) is 0.385. The Morgan fingerprint density at radius 3 is 2.74 bits per heavy atom. The highest BCUT2D eigenvalue weighted by Crippen LogP contribution is 2.27. The van der Waals surface area contributed by atoms with E-state index < -0.39 is 4.92 Å². The van der Waals surface area contributed by atoms with Crippen molar-refractivity contribution in [3.05, 3.63) is 34.4 Å². The Labute approximate surface area is 111 Å². The molecule has 1 heterocycles. The van der Waals surface area contributed by atoms with Crippen LogP contribution in [-0.4, -0.2) is 16.7 Å². The number of nitrogens with zero attached hydrogens (tertiary/aromatic N) is 4. The van der Waals surface area contributed by atoms with Crippen LogP contribution in [-0.2, 0) is 0 Å². The molecule has 6 nitrogen and oxygen atoms in total. The first-order chi connectivity index (χ1) is 9.15. The molecule has 1 aliphatic rings. The van der Waals surface area contributed by atoms with Gasteiger partial charge in [-0.3, -0.25) is 10.1 Å². The minimum Gasteiger partial charge on any atom is -0.258 e. The van der Waals surface area contributed by atoms with Crippen molar-refractivity contribution < 1.29 is 4.92 Å². The van der Waals surface area contributed by atoms with Crippen molar-refractivity contribution in [2.75, 3.05) is 5.01 Å². The number of hydrogen-bond acceptors (Lipinski definition) is 5. The summed E-state index contributed by atoms with van der Waals surface area (Å²) in [5.74, 6) is 0. The number of hydrogen-bond donors (Lipinski definition) is 0. The van der Waals surface area contributed by atoms with E-state index in [1.807, 2.05) is 0 Å². The SMILES string of the molecule is CCCC1=NN(c2ccc([N+](=O)[O-])cc2)C(C#N)C1. The van der Waals surface area contributed by atoms with Crippen LogP contribution in [0.5, 0.6) is 0 Å². The number of nitro benzene ring substituents is 1. The molecular formula is C13H14N4O2. The second-order valence-corrected chi connectivity index (χ2v) is 4.38. The van der Waals surface area contributed by atoms with Gasteiger partial charge in [0, 0.05) is 24.3 Å². The van der Waals surface area contributed by atoms with E-state index in [9.17, 15) is 10.1 Å². The van der Waals surface area contributed by atoms with Gasteiger partial charge in [-0.15, -0.1) is 0 Å². The van der Waals surface area contributed by atoms with Gasteiger partial charge in [0.25, 0.3) is 5.69 Å². The van der Waals surface area contributed by atoms with E-state index in [1.165, 1.54) is 12.1 Å². The molecule has 0 saturated heterocycles. The largest absolute Gasteiger partial charge is 0.269 e. The maximum Gasteiger partial charge on any atom is 0.269 e. The summed E-state index contributed by atoms with van der Waals surface area (Å²) in [5, 5.41) is 25.8. The van der Waals surface area contributed by atoms with Crippen LogP contribution in [0.3, 0.4) is 0 Å². The highest BCUT2D eigenvalue weighted by atomic mass is 16.6. The summed E-state index contributed by atoms with van der Waals surface area (Å²) in [6.07, 6.45) is 2.51. The number of nitriles is 1. The molecule has 1 unspecified atom stereocenters. The van der Waals surface area contributed by atoms with Crippen molar-refractivity contribution in [2.45, 2.75) is 32.2 Å². The molecule has 6 heteroatoms. The van der Waals surface area contributed by atoms with E-state index >= 15 is 0 Å². The van der Waals surface area contributed by atoms with Gasteiger partial charge < -0.3 is 0 Å². The Morgan fingerprint density at radius 2 is 2.21 bits per heavy atom. The molecule has 1 aromatic carbocycles. The lowest BCUT2D eigenvalue weighted by Crippen LogP contribution is -2.24. The van der Waals surface area contributed by atoms with Crippen LogP contribution in [0.25, 0.3) is 0 Å². The van der Waals surface area contributed by atoms with Crippen LogP contribution in [0.4, 0.5) is 11.4 Å². The van der Waals surface area contributed by atoms with Crippen LogP contribution >= 0.6 is 0 Å². The fourth-order valence-electron chi connectivity index (χ4n) is 2.08. The Balaban J connectivity index is 2.24. The quantitative estimate of drug-likeness (QED) is 0.614. The standard InChI is InChI=1S/C13H14N4O2/c1-2-3-10-8-13(9-14)16(15-10)11-4-6-12(7-5-11)17(18)19/h4-7,13H,2-3,8H2,1H3. The summed E-state index contributed by atoms with van der Waals surface area (Å²) in [7, 11) is 0. The Bertz CT molecular complexity index is 545. The number of non-ortho nitro benzene ring substituents is 1. The lowest BCUT2D eigenvalue weighted by Gasteiger charge is -2.17. The van der Waals surface area contributed by atoms with Crippen molar-refractivity contribution in [2.24, 2.45) is 5.10 Å². The van der Waals surface area contributed by atoms with Gasteiger partial charge in [0.1, 0.15) is 6.04 Å². The maximum absolute atomic E-state index is 10.6. The van der Waals surface area contributed by atoms with E-state index in [1.54, 1.807) is 17.1 Å². The van der Waals surface area contributed by atoms with E-state index in [4.69, 9.17) is 5.26 Å². The second-order valence-electron chi connectivity index (χ2n) is 4.38. The van der Waals surface area contributed by atoms with Crippen molar-refractivity contribution in [1.82, 2.24) is 0 Å². The Hall–Kier alpha value is -2.42. The minimum atomic E-state index is -0.443. The summed E-state index contributed by atoms with van der Waals surface area (Å²) in [6, 6.07) is 8.01. The molecule has 0 N–H and O–H groups in total. The van der Waals surface area contributed by atoms with Crippen LogP contribution in [0, 0.1) is 21.4 Å². The smallest absolute Gasteiger partial charge is 0.258 e. The first kappa shape index (κ1) is 13.0. The number of hydrazone groups is 1. The van der Waals surface area contributed by atoms with Gasteiger partial charge in [-0.1, -0.05) is 13.3 Å². The van der Waals surface area contributed by atoms with Crippen molar-refractivity contribution in [3.63, 3.8) is 0 Å². The molecule has 0 amide bonds. The molecule has 0 fully saturated rings. The molecule has 0 spiro atoms. The molecule has 0 aliphatic carbocycles. The first-order valence-corrected chi connectivity index (χ1v) is 6.15. The fourth-order valence-corrected chi connectivity index (χ4v) is 2.08. The molecule has 0 saturated carbocycles. The molecule has 0 radical (unpaired) electrons. The average molecular weight is 258 g/mol. The Kier molecular flexibility index (Phi) is 3.76. The summed E-state index contributed by atoms with van der Waals surface area (Å²) in [5.41, 5.74) is 1.75. The third-order valence-corrected chi connectivity index (χ3v) is 2.99. The Morgan fingerprint density at radius 1 is 1.53 bits per heavy atom. The highest BCUT2D eigenvalue weighted by Gasteiger charge is 2.27. The third kappa shape index (κ3) is 2.71. The zero-order chi connectivity index (χ0) is 13.8. The van der Waals surface area contributed by atoms with Crippen molar-refractivity contribution >= 4 is 17.1 Å². The number of nitro groups is 1. The van der Waals surface area contributed by atoms with E-state index in [0.717, 1.165) is 18.6 Å². The van der Waals surface area contributed by atoms with E-state index in [-0.39, 0.29) is 11.7 Å². The zero-order valence-corrected chi connectivity index (χ0v) is 10.6. The van der Waals surface area contributed by atoms with Gasteiger partial charge >= 0.3 is 0 Å². The summed E-state index contributed by atoms with van der Waals surface area (Å²) < 4.78 is 0. The number of rotatable bonds is 4. The molecule has 98 valence electrons. The molecule has 1 aliphatic heterocycles. The molecule has 19 heavy (non-hydrogen) atoms. The normalized spacial score (nSPS) is 18.0. The minimum absolute atomic E-state index is 0.0363. The summed E-state index contributed by atoms with van der Waals surface area (Å²) in [4.78, 5) is 10.2. The number of anilines is 1. The molecular weight excluding hydrogens is 244 g/mol. The average Bonchev–Trinajstić information content (AvgIpc) is 2.82. The van der Waals surface area contributed by atoms with Gasteiger partial charge in [-0.25, -0.2) is 5.01 Å². The molecule has 1 aromatic rings. The zero-order valence-electron chi connectivity index (χ0n) is 10.6. The van der Waals surface area contributed by atoms with Crippen LogP contribution < -0.4 is 5.01 Å². The predicted molar refractivity (Wildman–Crippen MR) is 71.9 cm³/mol. The molecule has 0 aromatic heterocycles. The highest BCUT2D eigenvalue weighted by molar-refractivity contribution is 5.89. The first-order valence-electron chi connectivity index (χ1n) is 6.15. The van der Waals surface area contributed by atoms with Gasteiger partial charge in [0.2, 0.25) is 0 Å². The topological polar surface area (TPSA) is 82.5 Å². The number of benzene rings is 1. The lowest BCUT2D eigenvalue weighted by atomic mass is 10.1. The van der Waals surface area contributed by atoms with Crippen LogP contribution in [0.2, 0.25) is 0 Å². The van der Waals surface area contributed by atoms with Gasteiger partial charge in [-0.2, -0.15) is 10.4 Å². The lowest BCUT2D eigenvalue weighted by molar-refractivity contribution is -0.384. The summed E-state index contributed by atoms with van der Waals surface area (Å²) in [6.45, 7) is 2.07. The van der Waals surface area contributed by atoms with Crippen molar-refractivity contribution in [3.8, 4) is 6.07 Å². The second kappa shape index (κ2) is 5.48. The van der Waals surface area contributed by atoms with Gasteiger partial charge in [0.05, 0.1) is 16.7 Å². The third-order valence-electron chi connectivity index (χ3n) is 2.99. The van der Waals surface area contributed by atoms with Gasteiger partial charge in [-0.05, 0) is 18.6 Å². The van der Waals surface area contributed by atoms with Crippen molar-refractivity contribution in [1.29, 1.82) is 5.26 Å². The summed E-state index contributed by atoms with van der Waals surface area (Å²) >= 11 is 0. The monoisotopic (exact) mass is 258 g/mol. The van der Waals surface area contributed by atoms with Crippen LogP contribution in [0.1, 0.15) is 26.2 Å². The molecule has 0 bridgehead atoms. The molecule has 1 atom stereocenters.